The number of rotatable bonds is 4. The molecule has 0 aromatic carbocycles. The third-order valence-corrected chi connectivity index (χ3v) is 4.06. The van der Waals surface area contributed by atoms with Crippen molar-refractivity contribution >= 4 is 6.09 Å². The lowest BCUT2D eigenvalue weighted by atomic mass is 9.84. The predicted octanol–water partition coefficient (Wildman–Crippen LogP) is 0.508. The lowest BCUT2D eigenvalue weighted by molar-refractivity contribution is -0.168. The normalized spacial score (nSPS) is 36.6. The number of hydrogen-bond acceptors (Lipinski definition) is 5. The monoisotopic (exact) mass is 273 g/mol. The second-order valence-electron chi connectivity index (χ2n) is 5.55. The lowest BCUT2D eigenvalue weighted by Crippen LogP contribution is -2.52. The Morgan fingerprint density at radius 3 is 2.84 bits per heavy atom. The zero-order valence-corrected chi connectivity index (χ0v) is 11.5. The summed E-state index contributed by atoms with van der Waals surface area (Å²) in [4.78, 5) is 13.2. The largest absolute Gasteiger partial charge is 0.438 e. The van der Waals surface area contributed by atoms with Gasteiger partial charge in [0.2, 0.25) is 0 Å². The molecule has 0 aliphatic carbocycles. The molecule has 0 saturated carbocycles. The Morgan fingerprint density at radius 2 is 2.32 bits per heavy atom. The van der Waals surface area contributed by atoms with Crippen molar-refractivity contribution in [1.82, 2.24) is 4.90 Å². The molecule has 0 bridgehead atoms. The number of ether oxygens (including phenoxy) is 2. The summed E-state index contributed by atoms with van der Waals surface area (Å²) in [5, 5.41) is 18.4. The molecule has 2 aliphatic heterocycles. The number of aliphatic hydroxyl groups is 2. The van der Waals surface area contributed by atoms with Gasteiger partial charge >= 0.3 is 6.09 Å². The lowest BCUT2D eigenvalue weighted by Gasteiger charge is -2.42. The smallest absolute Gasteiger partial charge is 0.410 e. The van der Waals surface area contributed by atoms with Crippen LogP contribution in [0.1, 0.15) is 32.6 Å². The quantitative estimate of drug-likeness (QED) is 0.780. The average Bonchev–Trinajstić information content (AvgIpc) is 2.68. The first-order chi connectivity index (χ1) is 9.00. The van der Waals surface area contributed by atoms with E-state index >= 15 is 0 Å². The van der Waals surface area contributed by atoms with Gasteiger partial charge in [-0.1, -0.05) is 6.92 Å². The van der Waals surface area contributed by atoms with Crippen molar-refractivity contribution in [3.63, 3.8) is 0 Å². The van der Waals surface area contributed by atoms with Crippen molar-refractivity contribution in [1.29, 1.82) is 0 Å². The highest BCUT2D eigenvalue weighted by molar-refractivity contribution is 5.70. The van der Waals surface area contributed by atoms with E-state index in [1.807, 2.05) is 6.92 Å². The fraction of sp³-hybridized carbons (Fsp3) is 0.923. The van der Waals surface area contributed by atoms with Crippen molar-refractivity contribution < 1.29 is 24.5 Å². The maximum atomic E-state index is 11.6. The van der Waals surface area contributed by atoms with Gasteiger partial charge in [-0.25, -0.2) is 4.79 Å². The Kier molecular flexibility index (Phi) is 4.32. The van der Waals surface area contributed by atoms with Crippen LogP contribution >= 0.6 is 0 Å². The number of aliphatic hydroxyl groups excluding tert-OH is 2. The van der Waals surface area contributed by atoms with E-state index in [9.17, 15) is 9.90 Å². The van der Waals surface area contributed by atoms with E-state index in [0.29, 0.717) is 13.0 Å². The topological polar surface area (TPSA) is 79.2 Å². The molecule has 110 valence electrons. The van der Waals surface area contributed by atoms with Crippen molar-refractivity contribution in [2.75, 3.05) is 20.2 Å². The molecular formula is C13H23NO5. The van der Waals surface area contributed by atoms with Crippen molar-refractivity contribution in [3.8, 4) is 0 Å². The molecule has 2 N–H and O–H groups in total. The number of nitrogens with zero attached hydrogens (tertiary/aromatic N) is 1. The Balaban J connectivity index is 2.01. The molecular weight excluding hydrogens is 250 g/mol. The summed E-state index contributed by atoms with van der Waals surface area (Å²) in [6.07, 6.45) is 1.38. The van der Waals surface area contributed by atoms with E-state index in [1.165, 1.54) is 0 Å². The van der Waals surface area contributed by atoms with Gasteiger partial charge in [-0.05, 0) is 19.3 Å². The first-order valence-electron chi connectivity index (χ1n) is 6.89. The molecule has 6 heteroatoms. The third-order valence-electron chi connectivity index (χ3n) is 4.06. The highest BCUT2D eigenvalue weighted by Crippen LogP contribution is 2.39. The number of amides is 1. The predicted molar refractivity (Wildman–Crippen MR) is 67.7 cm³/mol. The van der Waals surface area contributed by atoms with Gasteiger partial charge in [-0.2, -0.15) is 0 Å². The van der Waals surface area contributed by atoms with Gasteiger partial charge in [0.1, 0.15) is 0 Å². The Bertz CT molecular complexity index is 337. The minimum absolute atomic E-state index is 0.0812. The van der Waals surface area contributed by atoms with E-state index in [-0.39, 0.29) is 24.9 Å². The van der Waals surface area contributed by atoms with Gasteiger partial charge in [0.05, 0.1) is 31.5 Å². The molecule has 1 amide bonds. The standard InChI is InChI=1S/C13H23NO5/c1-3-11-13(8-14(2)12(17)19-13)5-4-10(18-11)6-9(16)7-15/h9-11,15-16H,3-8H2,1-2H3/t9-,10+,11-,13?/m1/s1. The summed E-state index contributed by atoms with van der Waals surface area (Å²) in [6.45, 7) is 2.31. The molecule has 6 nitrogen and oxygen atoms in total. The highest BCUT2D eigenvalue weighted by Gasteiger charge is 2.52. The van der Waals surface area contributed by atoms with Crippen LogP contribution in [-0.4, -0.2) is 65.3 Å². The van der Waals surface area contributed by atoms with Gasteiger partial charge in [0, 0.05) is 13.5 Å². The van der Waals surface area contributed by atoms with E-state index < -0.39 is 11.7 Å². The molecule has 1 spiro atoms. The Morgan fingerprint density at radius 1 is 1.58 bits per heavy atom. The maximum absolute atomic E-state index is 11.6. The summed E-state index contributed by atoms with van der Waals surface area (Å²) in [5.74, 6) is 0. The van der Waals surface area contributed by atoms with Crippen LogP contribution in [0.5, 0.6) is 0 Å². The zero-order chi connectivity index (χ0) is 14.0. The number of carbonyl (C=O) groups is 1. The minimum atomic E-state index is -0.745. The molecule has 2 aliphatic rings. The third kappa shape index (κ3) is 2.85. The highest BCUT2D eigenvalue weighted by atomic mass is 16.6. The van der Waals surface area contributed by atoms with Crippen LogP contribution in [0, 0.1) is 0 Å². The Labute approximate surface area is 113 Å². The van der Waals surface area contributed by atoms with Crippen molar-refractivity contribution in [2.45, 2.75) is 56.5 Å². The average molecular weight is 273 g/mol. The summed E-state index contributed by atoms with van der Waals surface area (Å²) in [5.41, 5.74) is -0.540. The van der Waals surface area contributed by atoms with Crippen LogP contribution in [0.25, 0.3) is 0 Å². The second kappa shape index (κ2) is 5.64. The first-order valence-corrected chi connectivity index (χ1v) is 6.89. The number of hydrogen-bond donors (Lipinski definition) is 2. The summed E-state index contributed by atoms with van der Waals surface area (Å²) >= 11 is 0. The first kappa shape index (κ1) is 14.6. The molecule has 4 atom stereocenters. The summed E-state index contributed by atoms with van der Waals surface area (Å²) in [6, 6.07) is 0. The molecule has 2 fully saturated rings. The van der Waals surface area contributed by atoms with E-state index in [2.05, 4.69) is 0 Å². The number of carbonyl (C=O) groups excluding carboxylic acids is 1. The van der Waals surface area contributed by atoms with E-state index in [1.54, 1.807) is 11.9 Å². The van der Waals surface area contributed by atoms with Crippen LogP contribution in [0.15, 0.2) is 0 Å². The molecule has 0 aromatic heterocycles. The van der Waals surface area contributed by atoms with Crippen LogP contribution in [-0.2, 0) is 9.47 Å². The van der Waals surface area contributed by atoms with Gasteiger partial charge in [-0.15, -0.1) is 0 Å². The van der Waals surface area contributed by atoms with E-state index in [4.69, 9.17) is 14.6 Å². The molecule has 2 saturated heterocycles. The molecule has 19 heavy (non-hydrogen) atoms. The fourth-order valence-corrected chi connectivity index (χ4v) is 3.06. The molecule has 2 heterocycles. The van der Waals surface area contributed by atoms with Crippen LogP contribution in [0.2, 0.25) is 0 Å². The molecule has 1 unspecified atom stereocenters. The SMILES string of the molecule is CC[C@H]1O[C@H](C[C@@H](O)CO)CCC12CN(C)C(=O)O2. The zero-order valence-electron chi connectivity index (χ0n) is 11.5. The number of likely N-dealkylation sites (N-methyl/N-ethyl adjacent to an activating group) is 1. The van der Waals surface area contributed by atoms with E-state index in [0.717, 1.165) is 19.3 Å². The maximum Gasteiger partial charge on any atom is 0.410 e. The van der Waals surface area contributed by atoms with Gasteiger partial charge in [-0.3, -0.25) is 0 Å². The Hall–Kier alpha value is -0.850. The van der Waals surface area contributed by atoms with Crippen LogP contribution in [0.3, 0.4) is 0 Å². The van der Waals surface area contributed by atoms with Gasteiger partial charge in [0.15, 0.2) is 5.60 Å². The van der Waals surface area contributed by atoms with Crippen molar-refractivity contribution in [2.24, 2.45) is 0 Å². The molecule has 0 aromatic rings. The van der Waals surface area contributed by atoms with Gasteiger partial charge < -0.3 is 24.6 Å². The molecule has 2 rings (SSSR count). The van der Waals surface area contributed by atoms with Gasteiger partial charge in [0.25, 0.3) is 0 Å². The molecule has 0 radical (unpaired) electrons. The van der Waals surface area contributed by atoms with Crippen molar-refractivity contribution in [3.05, 3.63) is 0 Å². The minimum Gasteiger partial charge on any atom is -0.438 e. The fourth-order valence-electron chi connectivity index (χ4n) is 3.06. The summed E-state index contributed by atoms with van der Waals surface area (Å²) in [7, 11) is 1.73. The van der Waals surface area contributed by atoms with Crippen LogP contribution < -0.4 is 0 Å². The van der Waals surface area contributed by atoms with Crippen LogP contribution in [0.4, 0.5) is 4.79 Å². The second-order valence-corrected chi connectivity index (χ2v) is 5.55. The summed E-state index contributed by atoms with van der Waals surface area (Å²) < 4.78 is 11.5.